The molecule has 3 rings (SSSR count). The van der Waals surface area contributed by atoms with Gasteiger partial charge in [0.1, 0.15) is 0 Å². The van der Waals surface area contributed by atoms with Crippen molar-refractivity contribution in [3.8, 4) is 0 Å². The van der Waals surface area contributed by atoms with E-state index < -0.39 is 11.2 Å². The molecule has 0 saturated carbocycles. The summed E-state index contributed by atoms with van der Waals surface area (Å²) in [6.07, 6.45) is 1.38. The largest absolute Gasteiger partial charge is 0.549 e. The Morgan fingerprint density at radius 1 is 1.04 bits per heavy atom. The first-order valence-electron chi connectivity index (χ1n) is 8.93. The molecule has 1 amide bonds. The van der Waals surface area contributed by atoms with E-state index in [0.29, 0.717) is 24.7 Å². The summed E-state index contributed by atoms with van der Waals surface area (Å²) in [6.45, 7) is 0.987. The highest BCUT2D eigenvalue weighted by atomic mass is 32.2. The number of carbonyl (C=O) groups is 2. The van der Waals surface area contributed by atoms with Crippen molar-refractivity contribution in [2.75, 3.05) is 13.1 Å². The van der Waals surface area contributed by atoms with Crippen LogP contribution < -0.4 is 5.11 Å². The molecule has 2 aromatic carbocycles. The molecule has 1 aliphatic heterocycles. The van der Waals surface area contributed by atoms with Gasteiger partial charge in [-0.25, -0.2) is 0 Å². The fourth-order valence-electron chi connectivity index (χ4n) is 2.89. The molecule has 1 aliphatic rings. The van der Waals surface area contributed by atoms with E-state index in [4.69, 9.17) is 0 Å². The molecular formula is C21H21N2O3S-. The number of carboxylic acids is 1. The summed E-state index contributed by atoms with van der Waals surface area (Å²) >= 11 is 1.11. The van der Waals surface area contributed by atoms with Gasteiger partial charge in [-0.05, 0) is 24.0 Å². The number of nitrogens with zero attached hydrogens (tertiary/aromatic N) is 2. The molecule has 6 heteroatoms. The molecule has 1 fully saturated rings. The molecule has 5 nitrogen and oxygen atoms in total. The number of carbonyl (C=O) groups excluding carboxylic acids is 2. The normalized spacial score (nSPS) is 18.7. The van der Waals surface area contributed by atoms with E-state index in [9.17, 15) is 14.7 Å². The van der Waals surface area contributed by atoms with Crippen molar-refractivity contribution in [3.05, 3.63) is 71.8 Å². The third-order valence-electron chi connectivity index (χ3n) is 4.36. The van der Waals surface area contributed by atoms with Crippen molar-refractivity contribution < 1.29 is 14.7 Å². The number of carboxylic acid groups (broad SMARTS) is 1. The van der Waals surface area contributed by atoms with Gasteiger partial charge in [-0.1, -0.05) is 72.4 Å². The molecule has 140 valence electrons. The number of amidine groups is 1. The fourth-order valence-corrected chi connectivity index (χ4v) is 3.96. The molecular weight excluding hydrogens is 360 g/mol. The van der Waals surface area contributed by atoms with Gasteiger partial charge in [-0.15, -0.1) is 0 Å². The van der Waals surface area contributed by atoms with Crippen LogP contribution in [0, 0.1) is 0 Å². The van der Waals surface area contributed by atoms with Gasteiger partial charge in [0.2, 0.25) is 5.91 Å². The monoisotopic (exact) mass is 381 g/mol. The lowest BCUT2D eigenvalue weighted by molar-refractivity contribution is -0.304. The van der Waals surface area contributed by atoms with Gasteiger partial charge in [-0.3, -0.25) is 14.7 Å². The number of aliphatic imine (C=N–C) groups is 1. The van der Waals surface area contributed by atoms with Crippen molar-refractivity contribution in [2.45, 2.75) is 24.5 Å². The van der Waals surface area contributed by atoms with E-state index in [1.807, 2.05) is 60.7 Å². The Morgan fingerprint density at radius 2 is 1.63 bits per heavy atom. The lowest BCUT2D eigenvalue weighted by atomic mass is 10.1. The van der Waals surface area contributed by atoms with Gasteiger partial charge < -0.3 is 9.90 Å². The van der Waals surface area contributed by atoms with E-state index in [1.165, 1.54) is 0 Å². The summed E-state index contributed by atoms with van der Waals surface area (Å²) in [5.74, 6) is -1.43. The molecule has 0 radical (unpaired) electrons. The molecule has 1 saturated heterocycles. The predicted molar refractivity (Wildman–Crippen MR) is 105 cm³/mol. The Bertz CT molecular complexity index is 809. The maximum absolute atomic E-state index is 12.5. The maximum atomic E-state index is 12.5. The lowest BCUT2D eigenvalue weighted by Gasteiger charge is -2.32. The van der Waals surface area contributed by atoms with E-state index in [0.717, 1.165) is 29.3 Å². The molecule has 27 heavy (non-hydrogen) atoms. The van der Waals surface area contributed by atoms with Crippen molar-refractivity contribution in [1.29, 1.82) is 0 Å². The lowest BCUT2D eigenvalue weighted by Crippen LogP contribution is -2.48. The second-order valence-corrected chi connectivity index (χ2v) is 7.48. The van der Waals surface area contributed by atoms with E-state index in [2.05, 4.69) is 4.99 Å². The molecule has 0 aromatic heterocycles. The minimum atomic E-state index is -1.22. The zero-order chi connectivity index (χ0) is 19.1. The number of aliphatic carboxylic acids is 1. The average molecular weight is 381 g/mol. The van der Waals surface area contributed by atoms with Gasteiger partial charge in [-0.2, -0.15) is 0 Å². The summed E-state index contributed by atoms with van der Waals surface area (Å²) in [5.41, 5.74) is 2.28. The third-order valence-corrected chi connectivity index (χ3v) is 5.56. The Balaban J connectivity index is 1.70. The Morgan fingerprint density at radius 3 is 2.22 bits per heavy atom. The Kier molecular flexibility index (Phi) is 6.65. The van der Waals surface area contributed by atoms with Crippen molar-refractivity contribution >= 4 is 28.8 Å². The highest BCUT2D eigenvalue weighted by molar-refractivity contribution is 8.15. The summed E-state index contributed by atoms with van der Waals surface area (Å²) in [6, 6.07) is 19.8. The summed E-state index contributed by atoms with van der Waals surface area (Å²) in [7, 11) is 0. The minimum absolute atomic E-state index is 0.0561. The van der Waals surface area contributed by atoms with Crippen molar-refractivity contribution in [2.24, 2.45) is 4.99 Å². The minimum Gasteiger partial charge on any atom is -0.549 e. The topological polar surface area (TPSA) is 72.8 Å². The van der Waals surface area contributed by atoms with Crippen LogP contribution in [0.3, 0.4) is 0 Å². The smallest absolute Gasteiger partial charge is 0.230 e. The number of benzene rings is 2. The van der Waals surface area contributed by atoms with Gasteiger partial charge in [0.25, 0.3) is 0 Å². The molecule has 2 aromatic rings. The first kappa shape index (κ1) is 19.2. The van der Waals surface area contributed by atoms with Crippen LogP contribution in [0.25, 0.3) is 0 Å². The number of amides is 1. The molecule has 0 unspecified atom stereocenters. The SMILES string of the molecule is O=C([O-])[C@H]1CC(=O)N(CCc2ccccc2)C(=NCCc2ccccc2)S1. The standard InChI is InChI=1S/C21H22N2O3S/c24-19-15-18(20(25)26)27-21(22-13-11-16-7-3-1-4-8-16)23(19)14-12-17-9-5-2-6-10-17/h1-10,18H,11-15H2,(H,25,26)/p-1/t18-/m1/s1. The maximum Gasteiger partial charge on any atom is 0.230 e. The summed E-state index contributed by atoms with van der Waals surface area (Å²) in [5, 5.41) is 10.9. The highest BCUT2D eigenvalue weighted by Gasteiger charge is 2.32. The van der Waals surface area contributed by atoms with Crippen LogP contribution in [0.1, 0.15) is 17.5 Å². The Labute approximate surface area is 163 Å². The zero-order valence-electron chi connectivity index (χ0n) is 14.9. The average Bonchev–Trinajstić information content (AvgIpc) is 2.68. The molecule has 1 atom stereocenters. The number of hydrogen-bond donors (Lipinski definition) is 0. The van der Waals surface area contributed by atoms with E-state index >= 15 is 0 Å². The zero-order valence-corrected chi connectivity index (χ0v) is 15.7. The molecule has 1 heterocycles. The van der Waals surface area contributed by atoms with E-state index in [-0.39, 0.29) is 12.3 Å². The molecule has 0 aliphatic carbocycles. The van der Waals surface area contributed by atoms with Crippen molar-refractivity contribution in [1.82, 2.24) is 4.90 Å². The van der Waals surface area contributed by atoms with Crippen LogP contribution in [-0.4, -0.2) is 40.3 Å². The van der Waals surface area contributed by atoms with Crippen LogP contribution in [0.4, 0.5) is 0 Å². The van der Waals surface area contributed by atoms with Crippen LogP contribution >= 0.6 is 11.8 Å². The van der Waals surface area contributed by atoms with Gasteiger partial charge in [0.05, 0.1) is 11.2 Å². The molecule has 0 spiro atoms. The molecule has 0 bridgehead atoms. The summed E-state index contributed by atoms with van der Waals surface area (Å²) in [4.78, 5) is 29.9. The highest BCUT2D eigenvalue weighted by Crippen LogP contribution is 2.26. The number of thioether (sulfide) groups is 1. The Hall–Kier alpha value is -2.60. The van der Waals surface area contributed by atoms with Crippen LogP contribution in [-0.2, 0) is 22.4 Å². The van der Waals surface area contributed by atoms with E-state index in [1.54, 1.807) is 4.90 Å². The van der Waals surface area contributed by atoms with Crippen LogP contribution in [0.15, 0.2) is 65.7 Å². The van der Waals surface area contributed by atoms with Gasteiger partial charge in [0, 0.05) is 19.5 Å². The number of hydrogen-bond acceptors (Lipinski definition) is 5. The quantitative estimate of drug-likeness (QED) is 0.734. The third kappa shape index (κ3) is 5.44. The first-order chi connectivity index (χ1) is 13.1. The van der Waals surface area contributed by atoms with Crippen molar-refractivity contribution in [3.63, 3.8) is 0 Å². The van der Waals surface area contributed by atoms with Crippen LogP contribution in [0.2, 0.25) is 0 Å². The second kappa shape index (κ2) is 9.37. The predicted octanol–water partition coefficient (Wildman–Crippen LogP) is 1.91. The fraction of sp³-hybridized carbons (Fsp3) is 0.286. The first-order valence-corrected chi connectivity index (χ1v) is 9.81. The second-order valence-electron chi connectivity index (χ2n) is 6.31. The molecule has 0 N–H and O–H groups in total. The summed E-state index contributed by atoms with van der Waals surface area (Å²) < 4.78 is 0. The van der Waals surface area contributed by atoms with Gasteiger partial charge >= 0.3 is 0 Å². The van der Waals surface area contributed by atoms with Gasteiger partial charge in [0.15, 0.2) is 5.17 Å². The number of rotatable bonds is 7. The van der Waals surface area contributed by atoms with Crippen LogP contribution in [0.5, 0.6) is 0 Å².